The number of esters is 1. The minimum absolute atomic E-state index is 0.142. The number of carbonyl (C=O) groups excluding carboxylic acids is 1. The van der Waals surface area contributed by atoms with Gasteiger partial charge in [0.25, 0.3) is 0 Å². The van der Waals surface area contributed by atoms with Gasteiger partial charge in [-0.1, -0.05) is 23.8 Å². The number of rotatable bonds is 5. The minimum Gasteiger partial charge on any atom is -0.489 e. The van der Waals surface area contributed by atoms with Crippen LogP contribution in [0.1, 0.15) is 43.2 Å². The van der Waals surface area contributed by atoms with Gasteiger partial charge in [0.15, 0.2) is 0 Å². The molecule has 21 heavy (non-hydrogen) atoms. The molecule has 0 unspecified atom stereocenters. The summed E-state index contributed by atoms with van der Waals surface area (Å²) in [4.78, 5) is 11.4. The molecule has 0 saturated carbocycles. The maximum atomic E-state index is 11.4. The number of halogens is 1. The Kier molecular flexibility index (Phi) is 4.20. The van der Waals surface area contributed by atoms with E-state index in [9.17, 15) is 4.79 Å². The highest BCUT2D eigenvalue weighted by Crippen LogP contribution is 2.46. The average Bonchev–Trinajstić information content (AvgIpc) is 3.01. The highest BCUT2D eigenvalue weighted by atomic mass is 35.5. The van der Waals surface area contributed by atoms with Crippen molar-refractivity contribution in [1.82, 2.24) is 0 Å². The molecule has 3 rings (SSSR count). The van der Waals surface area contributed by atoms with Gasteiger partial charge in [0.1, 0.15) is 11.9 Å². The van der Waals surface area contributed by atoms with E-state index in [2.05, 4.69) is 12.2 Å². The second-order valence-corrected chi connectivity index (χ2v) is 5.92. The molecule has 1 aliphatic heterocycles. The van der Waals surface area contributed by atoms with Gasteiger partial charge in [-0.15, -0.1) is 0 Å². The number of hydrogen-bond acceptors (Lipinski definition) is 3. The summed E-state index contributed by atoms with van der Waals surface area (Å²) in [5, 5.41) is 0.740. The van der Waals surface area contributed by atoms with Gasteiger partial charge in [-0.05, 0) is 37.5 Å². The van der Waals surface area contributed by atoms with Crippen molar-refractivity contribution in [3.8, 4) is 5.75 Å². The third kappa shape index (κ3) is 2.93. The molecule has 1 aromatic rings. The minimum atomic E-state index is -0.142. The van der Waals surface area contributed by atoms with Crippen molar-refractivity contribution in [3.05, 3.63) is 40.4 Å². The second-order valence-electron chi connectivity index (χ2n) is 5.49. The first-order valence-corrected chi connectivity index (χ1v) is 7.88. The Balaban J connectivity index is 1.72. The average molecular weight is 307 g/mol. The normalized spacial score (nSPS) is 21.8. The van der Waals surface area contributed by atoms with Gasteiger partial charge in [-0.2, -0.15) is 0 Å². The van der Waals surface area contributed by atoms with Gasteiger partial charge in [0.2, 0.25) is 0 Å². The summed E-state index contributed by atoms with van der Waals surface area (Å²) in [5.41, 5.74) is 2.29. The Morgan fingerprint density at radius 3 is 3.14 bits per heavy atom. The van der Waals surface area contributed by atoms with Crippen LogP contribution < -0.4 is 4.74 Å². The summed E-state index contributed by atoms with van der Waals surface area (Å²) in [6, 6.07) is 3.96. The fourth-order valence-electron chi connectivity index (χ4n) is 3.11. The lowest BCUT2D eigenvalue weighted by Gasteiger charge is -2.11. The molecular formula is C17H19ClO3. The predicted octanol–water partition coefficient (Wildman–Crippen LogP) is 4.03. The monoisotopic (exact) mass is 306 g/mol. The molecule has 0 spiro atoms. The highest BCUT2D eigenvalue weighted by molar-refractivity contribution is 6.30. The highest BCUT2D eigenvalue weighted by Gasteiger charge is 2.36. The number of carbonyl (C=O) groups is 1. The summed E-state index contributed by atoms with van der Waals surface area (Å²) >= 11 is 6.24. The zero-order valence-corrected chi connectivity index (χ0v) is 12.9. The Morgan fingerprint density at radius 2 is 2.33 bits per heavy atom. The molecule has 0 radical (unpaired) electrons. The van der Waals surface area contributed by atoms with Crippen molar-refractivity contribution in [1.29, 1.82) is 0 Å². The Morgan fingerprint density at radius 1 is 1.48 bits per heavy atom. The lowest BCUT2D eigenvalue weighted by atomic mass is 9.95. The van der Waals surface area contributed by atoms with E-state index in [4.69, 9.17) is 21.1 Å². The predicted molar refractivity (Wildman–Crippen MR) is 81.9 cm³/mol. The van der Waals surface area contributed by atoms with Gasteiger partial charge in [-0.3, -0.25) is 4.79 Å². The zero-order chi connectivity index (χ0) is 14.8. The third-order valence-electron chi connectivity index (χ3n) is 4.03. The number of aryl methyl sites for hydroxylation is 1. The van der Waals surface area contributed by atoms with Crippen molar-refractivity contribution < 1.29 is 14.3 Å². The molecule has 2 aliphatic rings. The van der Waals surface area contributed by atoms with Crippen LogP contribution in [0.15, 0.2) is 24.3 Å². The SMILES string of the molecule is CCOC(=O)CCCc1cc(Cl)cc2c1O[C@@H]1CC=C[C@H]21. The molecule has 0 amide bonds. The van der Waals surface area contributed by atoms with Crippen molar-refractivity contribution in [2.45, 2.75) is 44.6 Å². The van der Waals surface area contributed by atoms with E-state index < -0.39 is 0 Å². The third-order valence-corrected chi connectivity index (χ3v) is 4.25. The molecule has 112 valence electrons. The van der Waals surface area contributed by atoms with E-state index in [1.165, 1.54) is 5.56 Å². The van der Waals surface area contributed by atoms with Crippen molar-refractivity contribution in [2.75, 3.05) is 6.61 Å². The molecule has 0 bridgehead atoms. The quantitative estimate of drug-likeness (QED) is 0.608. The smallest absolute Gasteiger partial charge is 0.305 e. The molecule has 1 heterocycles. The van der Waals surface area contributed by atoms with Crippen LogP contribution >= 0.6 is 11.6 Å². The van der Waals surface area contributed by atoms with Gasteiger partial charge >= 0.3 is 5.97 Å². The largest absolute Gasteiger partial charge is 0.489 e. The van der Waals surface area contributed by atoms with E-state index in [1.807, 2.05) is 19.1 Å². The topological polar surface area (TPSA) is 35.5 Å². The van der Waals surface area contributed by atoms with E-state index in [-0.39, 0.29) is 12.1 Å². The Bertz CT molecular complexity index is 580. The summed E-state index contributed by atoms with van der Waals surface area (Å²) in [6.45, 7) is 2.26. The summed E-state index contributed by atoms with van der Waals surface area (Å²) < 4.78 is 11.0. The number of ether oxygens (including phenoxy) is 2. The molecule has 3 nitrogen and oxygen atoms in total. The van der Waals surface area contributed by atoms with E-state index in [0.29, 0.717) is 18.9 Å². The molecule has 0 aromatic heterocycles. The maximum absolute atomic E-state index is 11.4. The van der Waals surface area contributed by atoms with Crippen molar-refractivity contribution in [3.63, 3.8) is 0 Å². The summed E-state index contributed by atoms with van der Waals surface area (Å²) in [5.74, 6) is 1.17. The molecule has 1 aromatic carbocycles. The van der Waals surface area contributed by atoms with Gasteiger partial charge in [-0.25, -0.2) is 0 Å². The molecular weight excluding hydrogens is 288 g/mol. The van der Waals surface area contributed by atoms with Crippen LogP contribution in [0.4, 0.5) is 0 Å². The Hall–Kier alpha value is -1.48. The van der Waals surface area contributed by atoms with Gasteiger partial charge in [0, 0.05) is 29.3 Å². The summed E-state index contributed by atoms with van der Waals surface area (Å²) in [7, 11) is 0. The molecule has 0 fully saturated rings. The van der Waals surface area contributed by atoms with Crippen LogP contribution in [-0.4, -0.2) is 18.7 Å². The van der Waals surface area contributed by atoms with Crippen LogP contribution in [-0.2, 0) is 16.0 Å². The van der Waals surface area contributed by atoms with Crippen molar-refractivity contribution in [2.24, 2.45) is 0 Å². The standard InChI is InChI=1S/C17H19ClO3/c1-2-20-16(19)8-3-5-11-9-12(18)10-14-13-6-4-7-15(13)21-17(11)14/h4,6,9-10,13,15H,2-3,5,7-8H2,1H3/t13-,15-/m1/s1. The number of hydrogen-bond donors (Lipinski definition) is 0. The molecule has 0 N–H and O–H groups in total. The van der Waals surface area contributed by atoms with Crippen molar-refractivity contribution >= 4 is 17.6 Å². The lowest BCUT2D eigenvalue weighted by molar-refractivity contribution is -0.143. The van der Waals surface area contributed by atoms with Crippen LogP contribution in [0.5, 0.6) is 5.75 Å². The Labute approximate surface area is 129 Å². The maximum Gasteiger partial charge on any atom is 0.305 e. The molecule has 2 atom stereocenters. The van der Waals surface area contributed by atoms with E-state index in [0.717, 1.165) is 35.6 Å². The van der Waals surface area contributed by atoms with Crippen LogP contribution in [0, 0.1) is 0 Å². The van der Waals surface area contributed by atoms with E-state index >= 15 is 0 Å². The first kappa shape index (κ1) is 14.5. The lowest BCUT2D eigenvalue weighted by Crippen LogP contribution is -2.12. The summed E-state index contributed by atoms with van der Waals surface area (Å²) in [6.07, 6.45) is 7.52. The van der Waals surface area contributed by atoms with Crippen LogP contribution in [0.25, 0.3) is 0 Å². The van der Waals surface area contributed by atoms with Gasteiger partial charge < -0.3 is 9.47 Å². The van der Waals surface area contributed by atoms with Crippen LogP contribution in [0.3, 0.4) is 0 Å². The molecule has 4 heteroatoms. The fourth-order valence-corrected chi connectivity index (χ4v) is 3.36. The zero-order valence-electron chi connectivity index (χ0n) is 12.1. The molecule has 0 saturated heterocycles. The van der Waals surface area contributed by atoms with E-state index in [1.54, 1.807) is 0 Å². The number of fused-ring (bicyclic) bond motifs is 3. The van der Waals surface area contributed by atoms with Crippen LogP contribution in [0.2, 0.25) is 5.02 Å². The number of benzene rings is 1. The fraction of sp³-hybridized carbons (Fsp3) is 0.471. The van der Waals surface area contributed by atoms with Gasteiger partial charge in [0.05, 0.1) is 6.61 Å². The first-order valence-electron chi connectivity index (χ1n) is 7.50. The molecule has 1 aliphatic carbocycles. The second kappa shape index (κ2) is 6.10. The first-order chi connectivity index (χ1) is 10.2.